The van der Waals surface area contributed by atoms with Gasteiger partial charge in [0.25, 0.3) is 0 Å². The molecule has 1 atom stereocenters. The molecular weight excluding hydrogens is 235 g/mol. The second kappa shape index (κ2) is 6.36. The maximum absolute atomic E-state index is 13.1. The highest BCUT2D eigenvalue weighted by atomic mass is 35.5. The number of rotatable bonds is 5. The van der Waals surface area contributed by atoms with Gasteiger partial charge >= 0.3 is 0 Å². The fourth-order valence-electron chi connectivity index (χ4n) is 1.27. The number of aliphatic hydroxyl groups is 1. The van der Waals surface area contributed by atoms with E-state index < -0.39 is 11.9 Å². The van der Waals surface area contributed by atoms with Gasteiger partial charge in [-0.3, -0.25) is 0 Å². The molecule has 0 heterocycles. The summed E-state index contributed by atoms with van der Waals surface area (Å²) in [5.74, 6) is 1.20. The van der Waals surface area contributed by atoms with Crippen molar-refractivity contribution in [2.45, 2.75) is 19.4 Å². The van der Waals surface area contributed by atoms with Crippen molar-refractivity contribution >= 4 is 23.4 Å². The van der Waals surface area contributed by atoms with Crippen LogP contribution in [-0.2, 0) is 6.42 Å². The lowest BCUT2D eigenvalue weighted by Gasteiger charge is -2.11. The Hall–Kier alpha value is -0.250. The molecule has 0 bridgehead atoms. The Bertz CT molecular complexity index is 319. The van der Waals surface area contributed by atoms with Gasteiger partial charge in [0.15, 0.2) is 0 Å². The molecule has 0 radical (unpaired) electrons. The largest absolute Gasteiger partial charge is 0.392 e. The van der Waals surface area contributed by atoms with Gasteiger partial charge in [-0.25, -0.2) is 4.39 Å². The molecule has 0 saturated heterocycles. The minimum absolute atomic E-state index is 0.123. The summed E-state index contributed by atoms with van der Waals surface area (Å²) in [4.78, 5) is 0. The summed E-state index contributed by atoms with van der Waals surface area (Å²) in [7, 11) is 0. The lowest BCUT2D eigenvalue weighted by Crippen LogP contribution is -2.14. The van der Waals surface area contributed by atoms with Crippen LogP contribution in [0.1, 0.15) is 12.5 Å². The average molecular weight is 249 g/mol. The SMILES string of the molecule is CCSCC(O)Cc1cccc(F)c1Cl. The highest BCUT2D eigenvalue weighted by Crippen LogP contribution is 2.21. The first-order valence-electron chi connectivity index (χ1n) is 4.83. The topological polar surface area (TPSA) is 20.2 Å². The molecule has 1 aromatic carbocycles. The van der Waals surface area contributed by atoms with E-state index in [1.807, 2.05) is 6.92 Å². The Morgan fingerprint density at radius 3 is 2.93 bits per heavy atom. The predicted molar refractivity (Wildman–Crippen MR) is 64.1 cm³/mol. The van der Waals surface area contributed by atoms with E-state index in [0.717, 1.165) is 5.75 Å². The molecule has 84 valence electrons. The molecule has 4 heteroatoms. The van der Waals surface area contributed by atoms with Gasteiger partial charge in [-0.2, -0.15) is 11.8 Å². The van der Waals surface area contributed by atoms with Crippen LogP contribution in [0.4, 0.5) is 4.39 Å². The second-order valence-corrected chi connectivity index (χ2v) is 4.93. The van der Waals surface area contributed by atoms with E-state index in [4.69, 9.17) is 11.6 Å². The van der Waals surface area contributed by atoms with Crippen LogP contribution in [0.3, 0.4) is 0 Å². The van der Waals surface area contributed by atoms with Gasteiger partial charge in [-0.15, -0.1) is 0 Å². The van der Waals surface area contributed by atoms with E-state index >= 15 is 0 Å². The molecule has 1 N–H and O–H groups in total. The van der Waals surface area contributed by atoms with E-state index in [9.17, 15) is 9.50 Å². The minimum atomic E-state index is -0.464. The Morgan fingerprint density at radius 2 is 2.27 bits per heavy atom. The molecule has 15 heavy (non-hydrogen) atoms. The molecule has 1 nitrogen and oxygen atoms in total. The summed E-state index contributed by atoms with van der Waals surface area (Å²) < 4.78 is 13.1. The lowest BCUT2D eigenvalue weighted by atomic mass is 10.1. The van der Waals surface area contributed by atoms with Crippen LogP contribution in [0, 0.1) is 5.82 Å². The van der Waals surface area contributed by atoms with Crippen molar-refractivity contribution in [2.75, 3.05) is 11.5 Å². The third-order valence-corrected chi connectivity index (χ3v) is 3.45. The Morgan fingerprint density at radius 1 is 1.53 bits per heavy atom. The average Bonchev–Trinajstić information content (AvgIpc) is 2.22. The van der Waals surface area contributed by atoms with Crippen LogP contribution in [0.25, 0.3) is 0 Å². The number of hydrogen-bond donors (Lipinski definition) is 1. The summed E-state index contributed by atoms with van der Waals surface area (Å²) in [5, 5.41) is 9.77. The zero-order chi connectivity index (χ0) is 11.3. The van der Waals surface area contributed by atoms with E-state index in [1.165, 1.54) is 6.07 Å². The van der Waals surface area contributed by atoms with Crippen molar-refractivity contribution in [3.63, 3.8) is 0 Å². The molecule has 0 amide bonds. The summed E-state index contributed by atoms with van der Waals surface area (Å²) in [5.41, 5.74) is 0.667. The normalized spacial score (nSPS) is 12.8. The molecule has 0 saturated carbocycles. The molecule has 0 spiro atoms. The van der Waals surface area contributed by atoms with Gasteiger partial charge in [-0.05, 0) is 17.4 Å². The Kier molecular flexibility index (Phi) is 5.43. The molecule has 0 aliphatic rings. The molecule has 0 aliphatic carbocycles. The Labute approximate surface area is 98.6 Å². The van der Waals surface area contributed by atoms with Gasteiger partial charge in [0, 0.05) is 12.2 Å². The summed E-state index contributed by atoms with van der Waals surface area (Å²) in [6.07, 6.45) is -0.0573. The van der Waals surface area contributed by atoms with Crippen molar-refractivity contribution in [1.82, 2.24) is 0 Å². The molecule has 1 rings (SSSR count). The molecule has 1 unspecified atom stereocenters. The summed E-state index contributed by atoms with van der Waals surface area (Å²) in [6.45, 7) is 2.03. The van der Waals surface area contributed by atoms with Gasteiger partial charge in [0.2, 0.25) is 0 Å². The van der Waals surface area contributed by atoms with Gasteiger partial charge < -0.3 is 5.11 Å². The zero-order valence-corrected chi connectivity index (χ0v) is 10.1. The fraction of sp³-hybridized carbons (Fsp3) is 0.455. The van der Waals surface area contributed by atoms with Crippen LogP contribution in [0.15, 0.2) is 18.2 Å². The summed E-state index contributed by atoms with van der Waals surface area (Å²) >= 11 is 7.44. The van der Waals surface area contributed by atoms with Crippen molar-refractivity contribution < 1.29 is 9.50 Å². The third-order valence-electron chi connectivity index (χ3n) is 2.00. The molecule has 0 aromatic heterocycles. The van der Waals surface area contributed by atoms with E-state index in [1.54, 1.807) is 23.9 Å². The number of benzene rings is 1. The first-order valence-corrected chi connectivity index (χ1v) is 6.37. The van der Waals surface area contributed by atoms with Crippen molar-refractivity contribution in [3.8, 4) is 0 Å². The number of halogens is 2. The number of hydrogen-bond acceptors (Lipinski definition) is 2. The van der Waals surface area contributed by atoms with E-state index in [2.05, 4.69) is 0 Å². The van der Waals surface area contributed by atoms with Crippen LogP contribution in [0.2, 0.25) is 5.02 Å². The van der Waals surface area contributed by atoms with E-state index in [-0.39, 0.29) is 5.02 Å². The maximum Gasteiger partial charge on any atom is 0.142 e. The molecule has 0 aliphatic heterocycles. The zero-order valence-electron chi connectivity index (χ0n) is 8.54. The minimum Gasteiger partial charge on any atom is -0.392 e. The van der Waals surface area contributed by atoms with Gasteiger partial charge in [0.05, 0.1) is 11.1 Å². The quantitative estimate of drug-likeness (QED) is 0.864. The van der Waals surface area contributed by atoms with Crippen LogP contribution < -0.4 is 0 Å². The first kappa shape index (κ1) is 12.8. The molecule has 0 fully saturated rings. The highest BCUT2D eigenvalue weighted by molar-refractivity contribution is 7.99. The predicted octanol–water partition coefficient (Wildman–Crippen LogP) is 3.14. The van der Waals surface area contributed by atoms with Crippen LogP contribution >= 0.6 is 23.4 Å². The van der Waals surface area contributed by atoms with Crippen molar-refractivity contribution in [1.29, 1.82) is 0 Å². The molecule has 1 aromatic rings. The summed E-state index contributed by atoms with van der Waals surface area (Å²) in [6, 6.07) is 4.67. The smallest absolute Gasteiger partial charge is 0.142 e. The second-order valence-electron chi connectivity index (χ2n) is 3.23. The first-order chi connectivity index (χ1) is 7.15. The number of thioether (sulfide) groups is 1. The van der Waals surface area contributed by atoms with Gasteiger partial charge in [0.1, 0.15) is 5.82 Å². The standard InChI is InChI=1S/C11H14ClFOS/c1-2-15-7-9(14)6-8-4-3-5-10(13)11(8)12/h3-5,9,14H,2,6-7H2,1H3. The number of aliphatic hydroxyl groups excluding tert-OH is 1. The maximum atomic E-state index is 13.1. The van der Waals surface area contributed by atoms with Crippen LogP contribution in [-0.4, -0.2) is 22.7 Å². The fourth-order valence-corrected chi connectivity index (χ4v) is 2.10. The Balaban J connectivity index is 2.60. The highest BCUT2D eigenvalue weighted by Gasteiger charge is 2.10. The van der Waals surface area contributed by atoms with Crippen LogP contribution in [0.5, 0.6) is 0 Å². The van der Waals surface area contributed by atoms with Crippen molar-refractivity contribution in [3.05, 3.63) is 34.6 Å². The molecular formula is C11H14ClFOS. The lowest BCUT2D eigenvalue weighted by molar-refractivity contribution is 0.200. The monoisotopic (exact) mass is 248 g/mol. The van der Waals surface area contributed by atoms with E-state index in [0.29, 0.717) is 17.7 Å². The van der Waals surface area contributed by atoms with Gasteiger partial charge in [-0.1, -0.05) is 30.7 Å². The van der Waals surface area contributed by atoms with Crippen molar-refractivity contribution in [2.24, 2.45) is 0 Å². The third kappa shape index (κ3) is 4.01.